The van der Waals surface area contributed by atoms with Crippen LogP contribution in [0.5, 0.6) is 0 Å². The van der Waals surface area contributed by atoms with E-state index in [-0.39, 0.29) is 0 Å². The summed E-state index contributed by atoms with van der Waals surface area (Å²) in [6, 6.07) is 53.3. The molecule has 3 nitrogen and oxygen atoms in total. The van der Waals surface area contributed by atoms with Crippen molar-refractivity contribution in [1.29, 1.82) is 0 Å². The van der Waals surface area contributed by atoms with Crippen LogP contribution in [0, 0.1) is 20.8 Å². The fourth-order valence-electron chi connectivity index (χ4n) is 6.23. The maximum Gasteiger partial charge on any atom is 0.0702 e. The van der Waals surface area contributed by atoms with Crippen molar-refractivity contribution in [3.8, 4) is 33.5 Å². The topological polar surface area (TPSA) is 38.7 Å². The van der Waals surface area contributed by atoms with E-state index in [1.807, 2.05) is 61.2 Å². The van der Waals surface area contributed by atoms with Gasteiger partial charge in [0.1, 0.15) is 0 Å². The smallest absolute Gasteiger partial charge is 0.0702 e. The average molecular weight is 658 g/mol. The Labute approximate surface area is 300 Å². The molecule has 3 heteroatoms. The first kappa shape index (κ1) is 33.1. The van der Waals surface area contributed by atoms with Gasteiger partial charge in [-0.2, -0.15) is 0 Å². The van der Waals surface area contributed by atoms with Crippen molar-refractivity contribution < 1.29 is 0 Å². The molecule has 51 heavy (non-hydrogen) atoms. The van der Waals surface area contributed by atoms with E-state index < -0.39 is 0 Å². The van der Waals surface area contributed by atoms with Gasteiger partial charge >= 0.3 is 0 Å². The number of hydrogen-bond donors (Lipinski definition) is 0. The highest BCUT2D eigenvalue weighted by Gasteiger charge is 2.02. The Hall–Kier alpha value is -6.45. The van der Waals surface area contributed by atoms with E-state index in [9.17, 15) is 0 Å². The third kappa shape index (κ3) is 8.24. The number of aromatic nitrogens is 3. The van der Waals surface area contributed by atoms with Gasteiger partial charge in [-0.25, -0.2) is 0 Å². The van der Waals surface area contributed by atoms with Crippen LogP contribution in [0.4, 0.5) is 0 Å². The molecule has 0 aliphatic carbocycles. The van der Waals surface area contributed by atoms with Crippen LogP contribution in [0.15, 0.2) is 183 Å². The average Bonchev–Trinajstić information content (AvgIpc) is 3.19. The molecule has 0 bridgehead atoms. The molecule has 0 spiro atoms. The third-order valence-electron chi connectivity index (χ3n) is 8.96. The summed E-state index contributed by atoms with van der Waals surface area (Å²) >= 11 is 0. The SMILES string of the molecule is Cc1ccc2cc(-c3ccccn3)ccc2c1.Cc1ccc2cc(-c3cccnc3)ccc2c1.Cc1ccc2cc(-c3ccncc3)ccc2c1. The van der Waals surface area contributed by atoms with E-state index in [1.165, 1.54) is 71.3 Å². The van der Waals surface area contributed by atoms with Gasteiger partial charge < -0.3 is 0 Å². The van der Waals surface area contributed by atoms with E-state index in [0.29, 0.717) is 0 Å². The number of nitrogens with zero attached hydrogens (tertiary/aromatic N) is 3. The summed E-state index contributed by atoms with van der Waals surface area (Å²) in [4.78, 5) is 12.6. The molecule has 9 rings (SSSR count). The Bertz CT molecular complexity index is 2260. The molecule has 0 atom stereocenters. The van der Waals surface area contributed by atoms with E-state index in [0.717, 1.165) is 11.3 Å². The Morgan fingerprint density at radius 1 is 0.314 bits per heavy atom. The van der Waals surface area contributed by atoms with Crippen molar-refractivity contribution >= 4 is 32.3 Å². The van der Waals surface area contributed by atoms with Crippen molar-refractivity contribution in [3.05, 3.63) is 199 Å². The zero-order valence-corrected chi connectivity index (χ0v) is 29.2. The van der Waals surface area contributed by atoms with Crippen molar-refractivity contribution in [2.24, 2.45) is 0 Å². The third-order valence-corrected chi connectivity index (χ3v) is 8.96. The number of pyridine rings is 3. The lowest BCUT2D eigenvalue weighted by atomic mass is 10.0. The highest BCUT2D eigenvalue weighted by atomic mass is 14.7. The Morgan fingerprint density at radius 3 is 1.31 bits per heavy atom. The quantitative estimate of drug-likeness (QED) is 0.190. The second kappa shape index (κ2) is 15.4. The molecule has 0 amide bonds. The molecule has 0 fully saturated rings. The molecule has 0 N–H and O–H groups in total. The normalized spacial score (nSPS) is 10.6. The summed E-state index contributed by atoms with van der Waals surface area (Å²) in [6.45, 7) is 6.36. The van der Waals surface area contributed by atoms with E-state index in [4.69, 9.17) is 0 Å². The minimum atomic E-state index is 1.02. The standard InChI is InChI=1S/3C16H13N/c1-12-2-3-16-11-15(5-4-14(16)10-12)13-6-8-17-9-7-13;1-12-4-5-14-10-15(7-6-13(14)9-12)16-3-2-8-17-11-16;1-12-5-6-14-11-15(8-7-13(14)10-12)16-4-2-3-9-17-16/h3*2-11H,1H3. The Balaban J connectivity index is 0.000000119. The van der Waals surface area contributed by atoms with Crippen LogP contribution in [0.25, 0.3) is 65.8 Å². The first-order chi connectivity index (χ1) is 25.0. The van der Waals surface area contributed by atoms with E-state index in [1.54, 1.807) is 6.20 Å². The predicted molar refractivity (Wildman–Crippen MR) is 216 cm³/mol. The number of aryl methyl sites for hydroxylation is 3. The molecule has 0 saturated heterocycles. The maximum atomic E-state index is 4.37. The maximum absolute atomic E-state index is 4.37. The first-order valence-corrected chi connectivity index (χ1v) is 17.2. The molecule has 0 unspecified atom stereocenters. The first-order valence-electron chi connectivity index (χ1n) is 17.2. The van der Waals surface area contributed by atoms with E-state index >= 15 is 0 Å². The molecule has 0 saturated carbocycles. The van der Waals surface area contributed by atoms with Gasteiger partial charge in [-0.3, -0.25) is 15.0 Å². The molecule has 6 aromatic carbocycles. The second-order valence-electron chi connectivity index (χ2n) is 12.9. The molecule has 3 heterocycles. The number of benzene rings is 6. The van der Waals surface area contributed by atoms with E-state index in [2.05, 4.69) is 151 Å². The van der Waals surface area contributed by atoms with Gasteiger partial charge in [-0.05, 0) is 118 Å². The van der Waals surface area contributed by atoms with Crippen LogP contribution in [0.2, 0.25) is 0 Å². The Kier molecular flexibility index (Phi) is 9.99. The predicted octanol–water partition coefficient (Wildman–Crippen LogP) is 12.6. The lowest BCUT2D eigenvalue weighted by Gasteiger charge is -2.04. The highest BCUT2D eigenvalue weighted by molar-refractivity contribution is 5.89. The summed E-state index contributed by atoms with van der Waals surface area (Å²) in [5.74, 6) is 0. The molecule has 0 aliphatic rings. The Morgan fingerprint density at radius 2 is 0.804 bits per heavy atom. The fourth-order valence-corrected chi connectivity index (χ4v) is 6.23. The summed E-state index contributed by atoms with van der Waals surface area (Å²) in [7, 11) is 0. The molecular formula is C48H39N3. The molecule has 0 radical (unpaired) electrons. The van der Waals surface area contributed by atoms with Gasteiger partial charge in [-0.15, -0.1) is 0 Å². The lowest BCUT2D eigenvalue weighted by molar-refractivity contribution is 1.33. The van der Waals surface area contributed by atoms with Crippen LogP contribution in [-0.2, 0) is 0 Å². The summed E-state index contributed by atoms with van der Waals surface area (Å²) < 4.78 is 0. The largest absolute Gasteiger partial charge is 0.265 e. The molecule has 3 aromatic heterocycles. The summed E-state index contributed by atoms with van der Waals surface area (Å²) in [5.41, 5.74) is 10.9. The van der Waals surface area contributed by atoms with Crippen LogP contribution in [0.3, 0.4) is 0 Å². The minimum Gasteiger partial charge on any atom is -0.265 e. The van der Waals surface area contributed by atoms with Gasteiger partial charge in [-0.1, -0.05) is 120 Å². The van der Waals surface area contributed by atoms with Crippen LogP contribution in [0.1, 0.15) is 16.7 Å². The number of fused-ring (bicyclic) bond motifs is 3. The minimum absolute atomic E-state index is 1.02. The van der Waals surface area contributed by atoms with Gasteiger partial charge in [0.15, 0.2) is 0 Å². The van der Waals surface area contributed by atoms with Crippen molar-refractivity contribution in [2.75, 3.05) is 0 Å². The molecular weight excluding hydrogens is 619 g/mol. The number of hydrogen-bond acceptors (Lipinski definition) is 3. The van der Waals surface area contributed by atoms with Crippen molar-refractivity contribution in [3.63, 3.8) is 0 Å². The van der Waals surface area contributed by atoms with Crippen LogP contribution >= 0.6 is 0 Å². The summed E-state index contributed by atoms with van der Waals surface area (Å²) in [6.07, 6.45) is 9.18. The molecule has 0 aliphatic heterocycles. The van der Waals surface area contributed by atoms with Gasteiger partial charge in [0.25, 0.3) is 0 Å². The zero-order valence-electron chi connectivity index (χ0n) is 29.2. The second-order valence-corrected chi connectivity index (χ2v) is 12.9. The van der Waals surface area contributed by atoms with Crippen molar-refractivity contribution in [1.82, 2.24) is 15.0 Å². The zero-order chi connectivity index (χ0) is 35.0. The highest BCUT2D eigenvalue weighted by Crippen LogP contribution is 2.26. The van der Waals surface area contributed by atoms with Crippen molar-refractivity contribution in [2.45, 2.75) is 20.8 Å². The van der Waals surface area contributed by atoms with Crippen LogP contribution < -0.4 is 0 Å². The monoisotopic (exact) mass is 657 g/mol. The van der Waals surface area contributed by atoms with Gasteiger partial charge in [0.2, 0.25) is 0 Å². The molecule has 9 aromatic rings. The fraction of sp³-hybridized carbons (Fsp3) is 0.0625. The number of rotatable bonds is 3. The lowest BCUT2D eigenvalue weighted by Crippen LogP contribution is -1.82. The van der Waals surface area contributed by atoms with Gasteiger partial charge in [0, 0.05) is 42.1 Å². The summed E-state index contributed by atoms with van der Waals surface area (Å²) in [5, 5.41) is 7.69. The van der Waals surface area contributed by atoms with Gasteiger partial charge in [0.05, 0.1) is 5.69 Å². The molecule has 246 valence electrons. The van der Waals surface area contributed by atoms with Crippen LogP contribution in [-0.4, -0.2) is 15.0 Å².